The molecule has 2 aromatic rings. The van der Waals surface area contributed by atoms with Crippen molar-refractivity contribution in [1.29, 1.82) is 0 Å². The Kier molecular flexibility index (Phi) is 8.41. The minimum absolute atomic E-state index is 0.0569. The van der Waals surface area contributed by atoms with Gasteiger partial charge in [-0.05, 0) is 97.7 Å². The van der Waals surface area contributed by atoms with E-state index >= 15 is 0 Å². The molecule has 2 aromatic carbocycles. The molecule has 2 saturated heterocycles. The minimum Gasteiger partial charge on any atom is -0.393 e. The van der Waals surface area contributed by atoms with Crippen molar-refractivity contribution in [1.82, 2.24) is 21.0 Å². The molecule has 5 aliphatic rings. The van der Waals surface area contributed by atoms with Crippen molar-refractivity contribution in [2.75, 3.05) is 13.1 Å². The van der Waals surface area contributed by atoms with Crippen LogP contribution in [-0.4, -0.2) is 65.4 Å². The Balaban J connectivity index is 1.17. The predicted molar refractivity (Wildman–Crippen MR) is 167 cm³/mol. The number of carbonyl (C=O) groups excluding carboxylic acids is 2. The van der Waals surface area contributed by atoms with Gasteiger partial charge in [-0.25, -0.2) is 0 Å². The van der Waals surface area contributed by atoms with E-state index in [2.05, 4.69) is 42.8 Å². The number of aliphatic hydroxyl groups is 1. The van der Waals surface area contributed by atoms with Crippen molar-refractivity contribution in [3.63, 3.8) is 0 Å². The first-order valence-corrected chi connectivity index (χ1v) is 16.2. The number of aliphatic hydroxyl groups excluding tert-OH is 1. The van der Waals surface area contributed by atoms with E-state index in [9.17, 15) is 14.7 Å². The maximum Gasteiger partial charge on any atom is 0.251 e. The zero-order valence-corrected chi connectivity index (χ0v) is 26.2. The van der Waals surface area contributed by atoms with E-state index in [4.69, 9.17) is 4.84 Å². The first-order valence-electron chi connectivity index (χ1n) is 16.2. The van der Waals surface area contributed by atoms with Crippen LogP contribution in [0, 0.1) is 29.1 Å². The van der Waals surface area contributed by atoms with Crippen LogP contribution in [0.3, 0.4) is 0 Å². The SMILES string of the molecule is C[C@@H]1[C@@H](NC(=O)[C@@H]2[C@H]([C@H](C)O)[C@H](C)ON2Cc2cccc(-c3cccc(C(=O)N[C@H]4CCNC4)c3)c2)C[C@H]2C[C@@H]1C2(C)C. The van der Waals surface area contributed by atoms with E-state index in [1.165, 1.54) is 6.42 Å². The van der Waals surface area contributed by atoms with Gasteiger partial charge in [0.15, 0.2) is 0 Å². The van der Waals surface area contributed by atoms with E-state index in [-0.39, 0.29) is 35.9 Å². The predicted octanol–water partition coefficient (Wildman–Crippen LogP) is 4.13. The molecule has 0 aromatic heterocycles. The average Bonchev–Trinajstić information content (AvgIpc) is 3.61. The fraction of sp³-hybridized carbons (Fsp3) is 0.600. The van der Waals surface area contributed by atoms with Crippen LogP contribution in [0.1, 0.15) is 69.8 Å². The van der Waals surface area contributed by atoms with E-state index in [0.29, 0.717) is 35.3 Å². The van der Waals surface area contributed by atoms with Crippen molar-refractivity contribution >= 4 is 11.8 Å². The molecule has 3 saturated carbocycles. The van der Waals surface area contributed by atoms with Crippen LogP contribution in [0.4, 0.5) is 0 Å². The lowest BCUT2D eigenvalue weighted by Gasteiger charge is -2.62. The molecule has 232 valence electrons. The standard InChI is InChI=1S/C35H48N4O4/c1-20-29-16-27(35(29,4)5)17-30(20)38-34(42)32-31(21(2)40)22(3)43-39(32)19-23-8-6-9-24(14-23)25-10-7-11-26(15-25)33(41)37-28-12-13-36-18-28/h6-11,14-15,20-22,27-32,36,40H,12-13,16-19H2,1-5H3,(H,37,41)(H,38,42)/t20-,21-,22-,27+,28-,29-,30-,31+,32-/m0/s1. The number of nitrogens with one attached hydrogen (secondary N) is 3. The summed E-state index contributed by atoms with van der Waals surface area (Å²) in [4.78, 5) is 33.1. The molecule has 8 nitrogen and oxygen atoms in total. The number of hydroxylamine groups is 2. The number of amides is 2. The number of benzene rings is 2. The maximum absolute atomic E-state index is 13.9. The Morgan fingerprint density at radius 1 is 1.09 bits per heavy atom. The minimum atomic E-state index is -0.688. The van der Waals surface area contributed by atoms with Gasteiger partial charge in [0.1, 0.15) is 6.04 Å². The molecule has 2 heterocycles. The third kappa shape index (κ3) is 5.87. The highest BCUT2D eigenvalue weighted by Crippen LogP contribution is 2.61. The van der Waals surface area contributed by atoms with Gasteiger partial charge < -0.3 is 21.1 Å². The Morgan fingerprint density at radius 3 is 2.51 bits per heavy atom. The highest BCUT2D eigenvalue weighted by atomic mass is 16.7. The summed E-state index contributed by atoms with van der Waals surface area (Å²) in [6.07, 6.45) is 2.23. The van der Waals surface area contributed by atoms with E-state index < -0.39 is 12.1 Å². The van der Waals surface area contributed by atoms with E-state index in [0.717, 1.165) is 42.6 Å². The molecule has 0 spiro atoms. The highest BCUT2D eigenvalue weighted by Gasteiger charge is 2.57. The first kappa shape index (κ1) is 30.3. The summed E-state index contributed by atoms with van der Waals surface area (Å²) < 4.78 is 0. The largest absolute Gasteiger partial charge is 0.393 e. The fourth-order valence-corrected chi connectivity index (χ4v) is 8.42. The topological polar surface area (TPSA) is 103 Å². The third-order valence-electron chi connectivity index (χ3n) is 11.1. The summed E-state index contributed by atoms with van der Waals surface area (Å²) in [6.45, 7) is 12.8. The molecular weight excluding hydrogens is 540 g/mol. The molecule has 4 N–H and O–H groups in total. The monoisotopic (exact) mass is 588 g/mol. The summed E-state index contributed by atoms with van der Waals surface area (Å²) in [6, 6.07) is 15.6. The Labute approximate surface area is 255 Å². The van der Waals surface area contributed by atoms with Gasteiger partial charge in [-0.3, -0.25) is 14.4 Å². The second-order valence-electron chi connectivity index (χ2n) is 14.2. The molecule has 2 amide bonds. The lowest BCUT2D eigenvalue weighted by molar-refractivity contribution is -0.174. The van der Waals surface area contributed by atoms with Gasteiger partial charge in [0.05, 0.1) is 18.8 Å². The fourth-order valence-electron chi connectivity index (χ4n) is 8.42. The second-order valence-corrected chi connectivity index (χ2v) is 14.2. The maximum atomic E-state index is 13.9. The summed E-state index contributed by atoms with van der Waals surface area (Å²) >= 11 is 0. The first-order chi connectivity index (χ1) is 20.5. The highest BCUT2D eigenvalue weighted by molar-refractivity contribution is 5.95. The number of hydrogen-bond donors (Lipinski definition) is 4. The molecular formula is C35H48N4O4. The van der Waals surface area contributed by atoms with Crippen molar-refractivity contribution in [3.8, 4) is 11.1 Å². The molecule has 43 heavy (non-hydrogen) atoms. The zero-order valence-electron chi connectivity index (χ0n) is 26.2. The molecule has 7 rings (SSSR count). The van der Waals surface area contributed by atoms with Crippen LogP contribution in [0.5, 0.6) is 0 Å². The van der Waals surface area contributed by atoms with Gasteiger partial charge in [0.25, 0.3) is 5.91 Å². The number of fused-ring (bicyclic) bond motifs is 2. The van der Waals surface area contributed by atoms with Gasteiger partial charge in [0, 0.05) is 30.1 Å². The number of hydrogen-bond acceptors (Lipinski definition) is 6. The summed E-state index contributed by atoms with van der Waals surface area (Å²) in [7, 11) is 0. The van der Waals surface area contributed by atoms with Gasteiger partial charge in [0.2, 0.25) is 5.91 Å². The van der Waals surface area contributed by atoms with Crippen LogP contribution in [0.15, 0.2) is 48.5 Å². The Bertz CT molecular complexity index is 1340. The summed E-state index contributed by atoms with van der Waals surface area (Å²) in [5.41, 5.74) is 3.93. The van der Waals surface area contributed by atoms with Crippen LogP contribution >= 0.6 is 0 Å². The van der Waals surface area contributed by atoms with Gasteiger partial charge in [-0.2, -0.15) is 5.06 Å². The van der Waals surface area contributed by atoms with Crippen LogP contribution in [-0.2, 0) is 16.2 Å². The van der Waals surface area contributed by atoms with Crippen molar-refractivity contribution in [2.24, 2.45) is 29.1 Å². The van der Waals surface area contributed by atoms with Crippen LogP contribution in [0.2, 0.25) is 0 Å². The van der Waals surface area contributed by atoms with E-state index in [1.807, 2.05) is 49.4 Å². The third-order valence-corrected chi connectivity index (χ3v) is 11.1. The van der Waals surface area contributed by atoms with Crippen LogP contribution in [0.25, 0.3) is 11.1 Å². The van der Waals surface area contributed by atoms with Crippen molar-refractivity contribution in [3.05, 3.63) is 59.7 Å². The number of rotatable bonds is 8. The molecule has 8 heteroatoms. The average molecular weight is 589 g/mol. The molecule has 0 radical (unpaired) electrons. The summed E-state index contributed by atoms with van der Waals surface area (Å²) in [5.74, 6) is 1.25. The van der Waals surface area contributed by atoms with Gasteiger partial charge in [-0.15, -0.1) is 0 Å². The number of carbonyl (C=O) groups is 2. The Morgan fingerprint density at radius 2 is 1.84 bits per heavy atom. The summed E-state index contributed by atoms with van der Waals surface area (Å²) in [5, 5.41) is 22.3. The molecule has 2 aliphatic heterocycles. The van der Waals surface area contributed by atoms with Gasteiger partial charge in [-0.1, -0.05) is 51.1 Å². The normalized spacial score (nSPS) is 33.9. The number of nitrogens with zero attached hydrogens (tertiary/aromatic N) is 1. The molecule has 9 atom stereocenters. The zero-order chi connectivity index (χ0) is 30.5. The Hall–Kier alpha value is -2.78. The van der Waals surface area contributed by atoms with Crippen LogP contribution < -0.4 is 16.0 Å². The molecule has 3 aliphatic carbocycles. The quantitative estimate of drug-likeness (QED) is 0.370. The van der Waals surface area contributed by atoms with E-state index in [1.54, 1.807) is 12.0 Å². The lowest BCUT2D eigenvalue weighted by atomic mass is 9.45. The smallest absolute Gasteiger partial charge is 0.251 e. The molecule has 2 bridgehead atoms. The van der Waals surface area contributed by atoms with Crippen molar-refractivity contribution in [2.45, 2.75) is 90.8 Å². The second kappa shape index (κ2) is 12.0. The van der Waals surface area contributed by atoms with Gasteiger partial charge >= 0.3 is 0 Å². The lowest BCUT2D eigenvalue weighted by Crippen LogP contribution is -2.62. The molecule has 5 fully saturated rings. The molecule has 0 unspecified atom stereocenters. The van der Waals surface area contributed by atoms with Crippen molar-refractivity contribution < 1.29 is 19.5 Å².